The Morgan fingerprint density at radius 3 is 0.541 bits per heavy atom. The normalized spacial score (nSPS) is 14.8. The number of hydrogen-bond donors (Lipinski definition) is 0. The fourth-order valence-corrected chi connectivity index (χ4v) is 17.1. The predicted molar refractivity (Wildman–Crippen MR) is 522 cm³/mol. The van der Waals surface area contributed by atoms with E-state index in [1.807, 2.05) is 48.5 Å². The lowest BCUT2D eigenvalue weighted by atomic mass is 9.89. The number of rotatable bonds is 58. The molecule has 0 aliphatic rings. The zero-order valence-electron chi connectivity index (χ0n) is 91.2. The van der Waals surface area contributed by atoms with Crippen LogP contribution in [0.15, 0.2) is 0 Å². The van der Waals surface area contributed by atoms with Gasteiger partial charge in [-0.1, -0.05) is 362 Å². The summed E-state index contributed by atoms with van der Waals surface area (Å²) in [7, 11) is 0. The van der Waals surface area contributed by atoms with Crippen molar-refractivity contribution >= 4 is 0 Å². The van der Waals surface area contributed by atoms with E-state index in [1.54, 1.807) is 27.7 Å². The maximum atomic E-state index is 12.4. The highest BCUT2D eigenvalue weighted by molar-refractivity contribution is 4.74. The molecule has 0 nitrogen and oxygen atoms in total. The van der Waals surface area contributed by atoms with Gasteiger partial charge >= 0.3 is 55.6 Å². The van der Waals surface area contributed by atoms with Gasteiger partial charge in [-0.15, -0.1) is 0 Å². The molecular formula is C108H209F27. The van der Waals surface area contributed by atoms with Crippen molar-refractivity contribution in [1.82, 2.24) is 0 Å². The maximum absolute atomic E-state index is 12.4. The zero-order chi connectivity index (χ0) is 108. The van der Waals surface area contributed by atoms with Gasteiger partial charge in [-0.05, 0) is 222 Å². The molecule has 0 aliphatic carbocycles. The molecule has 10 atom stereocenters. The van der Waals surface area contributed by atoms with Gasteiger partial charge in [0.2, 0.25) is 0 Å². The van der Waals surface area contributed by atoms with Crippen LogP contribution in [-0.2, 0) is 0 Å². The number of hydrogen-bond acceptors (Lipinski definition) is 0. The largest absolute Gasteiger partial charge is 0.391 e. The quantitative estimate of drug-likeness (QED) is 0.0533. The molecule has 0 radical (unpaired) electrons. The minimum Gasteiger partial charge on any atom is -0.171 e. The van der Waals surface area contributed by atoms with Crippen LogP contribution in [0.3, 0.4) is 0 Å². The van der Waals surface area contributed by atoms with Crippen LogP contribution in [-0.4, -0.2) is 55.6 Å². The molecule has 0 bridgehead atoms. The lowest BCUT2D eigenvalue weighted by Crippen LogP contribution is -2.25. The van der Waals surface area contributed by atoms with E-state index in [0.717, 1.165) is 99.7 Å². The van der Waals surface area contributed by atoms with Crippen LogP contribution in [0.4, 0.5) is 119 Å². The molecule has 0 aromatic carbocycles. The van der Waals surface area contributed by atoms with Gasteiger partial charge in [0.1, 0.15) is 0 Å². The standard InChI is InChI=1S/C12H23F3.C12H26.C11H18F6.2C11H21F3.C11H24.C10H16F6.2C10H19F3.C10H22/c1-4-6-11(9-10(2)3)7-5-8-12(13,14)15;1-5-7-9-12(8-6-2)10-11(3)4;1-8(2)6-9(7-11(15,16)17)4-3-5-10(12,13)14;1-4-10(8-9(2)3)6-5-7-11(12,13)14;1-4-5-6-10(7-9(2)3)8-11(12,13)14;1-5-7-8-11(6-2)9-10(3)4;1-7(2)6-8(10(14,15)16)4-3-5-9(11,12)13;1-8(2)7-9(3)5-4-6-10(11,12)13;1-4-5-6-9(7-8(2)3)10(11,12)13;1-5-6-7-10(4)8-9(2)3/h10-11H,4-9H2,1-3H3;11-12H,5-10H2,1-4H3;8-9H,3-7H2,1-2H3;2*9-10H,4-8H2,1-3H3;10-11H,5-9H2,1-4H3;7-8H,3-6H2,1-2H3;2*8-9H,4-7H2,1-3H3;9-10H,5-8H2,1-4H3. The molecule has 10 unspecified atom stereocenters. The van der Waals surface area contributed by atoms with Crippen LogP contribution in [0.5, 0.6) is 0 Å². The van der Waals surface area contributed by atoms with Gasteiger partial charge in [0, 0.05) is 44.9 Å². The van der Waals surface area contributed by atoms with Gasteiger partial charge < -0.3 is 0 Å². The van der Waals surface area contributed by atoms with Crippen LogP contribution < -0.4 is 0 Å². The minimum atomic E-state index is -4.39. The third-order valence-corrected chi connectivity index (χ3v) is 22.8. The third kappa shape index (κ3) is 143. The van der Waals surface area contributed by atoms with Gasteiger partial charge in [-0.3, -0.25) is 0 Å². The van der Waals surface area contributed by atoms with E-state index < -0.39 is 131 Å². The van der Waals surface area contributed by atoms with Crippen molar-refractivity contribution in [2.45, 2.75) is 578 Å². The van der Waals surface area contributed by atoms with Gasteiger partial charge in [0.15, 0.2) is 0 Å². The summed E-state index contributed by atoms with van der Waals surface area (Å²) < 4.78 is 325. The first kappa shape index (κ1) is 153. The highest BCUT2D eigenvalue weighted by Crippen LogP contribution is 2.40. The first-order valence-corrected chi connectivity index (χ1v) is 52.9. The summed E-state index contributed by atoms with van der Waals surface area (Å²) in [4.78, 5) is 0. The van der Waals surface area contributed by atoms with E-state index in [-0.39, 0.29) is 68.6 Å². The highest BCUT2D eigenvalue weighted by atomic mass is 19.4. The molecule has 0 N–H and O–H groups in total. The topological polar surface area (TPSA) is 0 Å². The van der Waals surface area contributed by atoms with Crippen LogP contribution in [0.2, 0.25) is 0 Å². The van der Waals surface area contributed by atoms with Crippen molar-refractivity contribution in [3.8, 4) is 0 Å². The van der Waals surface area contributed by atoms with Crippen LogP contribution in [0.1, 0.15) is 523 Å². The fourth-order valence-electron chi connectivity index (χ4n) is 17.1. The van der Waals surface area contributed by atoms with Crippen molar-refractivity contribution in [1.29, 1.82) is 0 Å². The summed E-state index contributed by atoms with van der Waals surface area (Å²) >= 11 is 0. The van der Waals surface area contributed by atoms with Gasteiger partial charge in [-0.25, -0.2) is 0 Å². The van der Waals surface area contributed by atoms with Crippen LogP contribution in [0.25, 0.3) is 0 Å². The van der Waals surface area contributed by atoms with E-state index >= 15 is 0 Å². The maximum Gasteiger partial charge on any atom is 0.391 e. The Morgan fingerprint density at radius 1 is 0.156 bits per heavy atom. The Bertz CT molecular complexity index is 2370. The molecule has 0 aromatic rings. The van der Waals surface area contributed by atoms with E-state index in [2.05, 4.69) is 138 Å². The van der Waals surface area contributed by atoms with Crippen molar-refractivity contribution < 1.29 is 119 Å². The van der Waals surface area contributed by atoms with E-state index in [9.17, 15) is 119 Å². The molecule has 0 spiro atoms. The van der Waals surface area contributed by atoms with E-state index in [4.69, 9.17) is 0 Å². The van der Waals surface area contributed by atoms with E-state index in [1.165, 1.54) is 96.3 Å². The average molecular weight is 2020 g/mol. The molecule has 27 heteroatoms. The third-order valence-electron chi connectivity index (χ3n) is 22.8. The molecule has 0 aromatic heterocycles. The Balaban J connectivity index is -0.000000161. The Morgan fingerprint density at radius 2 is 0.326 bits per heavy atom. The van der Waals surface area contributed by atoms with Gasteiger partial charge in [0.05, 0.1) is 11.8 Å². The molecule has 0 rings (SSSR count). The fraction of sp³-hybridized carbons (Fsp3) is 1.00. The van der Waals surface area contributed by atoms with Crippen molar-refractivity contribution in [3.05, 3.63) is 0 Å². The summed E-state index contributed by atoms with van der Waals surface area (Å²) in [6.45, 7) is 65.0. The van der Waals surface area contributed by atoms with Gasteiger partial charge in [-0.2, -0.15) is 119 Å². The molecule has 0 saturated heterocycles. The Labute approximate surface area is 811 Å². The molecule has 135 heavy (non-hydrogen) atoms. The summed E-state index contributed by atoms with van der Waals surface area (Å²) in [5.41, 5.74) is 0. The lowest BCUT2D eigenvalue weighted by molar-refractivity contribution is -0.184. The summed E-state index contributed by atoms with van der Waals surface area (Å²) in [5.74, 6) is 5.55. The zero-order valence-corrected chi connectivity index (χ0v) is 91.2. The monoisotopic (exact) mass is 2020 g/mol. The lowest BCUT2D eigenvalue weighted by Gasteiger charge is -2.22. The molecule has 830 valence electrons. The minimum absolute atomic E-state index is 0.0167. The molecule has 0 aliphatic heterocycles. The number of halogens is 27. The first-order chi connectivity index (χ1) is 61.3. The molecule has 0 amide bonds. The van der Waals surface area contributed by atoms with E-state index in [0.29, 0.717) is 86.4 Å². The summed E-state index contributed by atoms with van der Waals surface area (Å²) in [5, 5.41) is 0. The average Bonchev–Trinajstić information content (AvgIpc) is 0.882. The second-order valence-electron chi connectivity index (χ2n) is 43.5. The van der Waals surface area contributed by atoms with Crippen molar-refractivity contribution in [2.24, 2.45) is 118 Å². The number of unbranched alkanes of at least 4 members (excludes halogenated alkanes) is 5. The van der Waals surface area contributed by atoms with Gasteiger partial charge in [0.25, 0.3) is 0 Å². The molecule has 0 heterocycles. The van der Waals surface area contributed by atoms with Crippen LogP contribution in [0, 0.1) is 118 Å². The summed E-state index contributed by atoms with van der Waals surface area (Å²) in [6.07, 6.45) is -8.05. The first-order valence-electron chi connectivity index (χ1n) is 52.9. The highest BCUT2D eigenvalue weighted by Gasteiger charge is 2.42. The number of alkyl halides is 27. The SMILES string of the molecule is CC(C)CC(C)CCCC(F)(F)F.CC(C)CC(CCCC(F)(F)F)C(F)(F)F.CC(C)CC(CCCC(F)(F)F)CC(F)(F)F.CCC(CCCC(F)(F)F)CC(C)C.CCCC(CCCC(F)(F)F)CC(C)C.CCCCC(C)CC(C)C.CCCCC(CC(C)C)C(F)(F)F.CCCCC(CC(C)C)CC(F)(F)F.CCCCC(CC)CC(C)C.CCCCC(CCC)CC(C)C. The predicted octanol–water partition coefficient (Wildman–Crippen LogP) is 46.6. The van der Waals surface area contributed by atoms with Crippen molar-refractivity contribution in [3.63, 3.8) is 0 Å². The molecule has 0 fully saturated rings. The molecular weight excluding hydrogens is 1810 g/mol. The smallest absolute Gasteiger partial charge is 0.171 e. The molecule has 0 saturated carbocycles. The Kier molecular flexibility index (Phi) is 101. The second kappa shape index (κ2) is 88.6. The van der Waals surface area contributed by atoms with Crippen molar-refractivity contribution in [2.75, 3.05) is 0 Å². The Hall–Kier alpha value is -1.89. The summed E-state index contributed by atoms with van der Waals surface area (Å²) in [6, 6.07) is 0. The second-order valence-corrected chi connectivity index (χ2v) is 43.5. The van der Waals surface area contributed by atoms with Crippen LogP contribution >= 0.6 is 0 Å².